The van der Waals surface area contributed by atoms with Gasteiger partial charge in [-0.05, 0) is 11.9 Å². The van der Waals surface area contributed by atoms with Crippen molar-refractivity contribution < 1.29 is 4.74 Å². The molecule has 0 saturated carbocycles. The Kier molecular flexibility index (Phi) is 8.47. The first-order chi connectivity index (χ1) is 3.93. The Morgan fingerprint density at radius 1 is 1.60 bits per heavy atom. The number of hydrogen-bond acceptors (Lipinski definition) is 2. The van der Waals surface area contributed by atoms with Crippen molar-refractivity contribution in [1.82, 2.24) is 4.98 Å². The third-order valence-electron chi connectivity index (χ3n) is 0.812. The minimum Gasteiger partial charge on any atom is -0.580 e. The van der Waals surface area contributed by atoms with Crippen LogP contribution in [0.15, 0.2) is 18.5 Å². The molecule has 0 aromatic carbocycles. The van der Waals surface area contributed by atoms with Gasteiger partial charge in [0.1, 0.15) is 0 Å². The molecule has 0 unspecified atom stereocenters. The average Bonchev–Trinajstić information content (AvgIpc) is 1.90. The van der Waals surface area contributed by atoms with Gasteiger partial charge in [-0.25, -0.2) is 6.07 Å². The van der Waals surface area contributed by atoms with Crippen LogP contribution in [0.25, 0.3) is 0 Å². The molecule has 3 heteroatoms. The summed E-state index contributed by atoms with van der Waals surface area (Å²) in [6.45, 7) is 0. The van der Waals surface area contributed by atoms with Crippen molar-refractivity contribution in [3.8, 4) is 5.75 Å². The van der Waals surface area contributed by atoms with Gasteiger partial charge >= 0.3 is 23.1 Å². The smallest absolute Gasteiger partial charge is 0.580 e. The van der Waals surface area contributed by atoms with Crippen LogP contribution in [-0.2, 0) is 0 Å². The fourth-order valence-corrected chi connectivity index (χ4v) is 0.422. The molecule has 1 aromatic heterocycles. The van der Waals surface area contributed by atoms with E-state index >= 15 is 0 Å². The summed E-state index contributed by atoms with van der Waals surface area (Å²) in [7, 11) is 1.60. The van der Waals surface area contributed by atoms with Gasteiger partial charge in [-0.1, -0.05) is 6.20 Å². The first kappa shape index (κ1) is 12.4. The van der Waals surface area contributed by atoms with Crippen molar-refractivity contribution in [2.24, 2.45) is 0 Å². The molecule has 0 aliphatic carbocycles. The molecule has 10 heavy (non-hydrogen) atoms. The van der Waals surface area contributed by atoms with Gasteiger partial charge in [0.05, 0.1) is 7.11 Å². The van der Waals surface area contributed by atoms with E-state index in [4.69, 9.17) is 4.74 Å². The van der Waals surface area contributed by atoms with Gasteiger partial charge < -0.3 is 17.1 Å². The van der Waals surface area contributed by atoms with E-state index in [1.54, 1.807) is 25.6 Å². The summed E-state index contributed by atoms with van der Waals surface area (Å²) in [6.07, 6.45) is 3.22. The van der Waals surface area contributed by atoms with Crippen molar-refractivity contribution in [2.45, 2.75) is 0 Å². The minimum atomic E-state index is 0. The molecular formula is C7H9MgNO. The van der Waals surface area contributed by atoms with E-state index in [9.17, 15) is 0 Å². The number of rotatable bonds is 1. The summed E-state index contributed by atoms with van der Waals surface area (Å²) in [5, 5.41) is 0. The van der Waals surface area contributed by atoms with Crippen molar-refractivity contribution in [2.75, 3.05) is 7.11 Å². The zero-order valence-electron chi connectivity index (χ0n) is 6.29. The second-order valence-electron chi connectivity index (χ2n) is 1.32. The average molecular weight is 147 g/mol. The summed E-state index contributed by atoms with van der Waals surface area (Å²) in [6, 6.07) is 4.50. The first-order valence-corrected chi connectivity index (χ1v) is 2.28. The summed E-state index contributed by atoms with van der Waals surface area (Å²) >= 11 is 0. The molecular weight excluding hydrogens is 138 g/mol. The molecule has 0 N–H and O–H groups in total. The van der Waals surface area contributed by atoms with E-state index in [1.165, 1.54) is 0 Å². The third kappa shape index (κ3) is 3.69. The van der Waals surface area contributed by atoms with Crippen molar-refractivity contribution in [3.05, 3.63) is 32.0 Å². The molecule has 0 saturated heterocycles. The molecule has 1 aromatic rings. The quantitative estimate of drug-likeness (QED) is 0.436. The summed E-state index contributed by atoms with van der Waals surface area (Å²) < 4.78 is 4.82. The fraction of sp³-hybridized carbons (Fsp3) is 0.143. The van der Waals surface area contributed by atoms with Crippen LogP contribution >= 0.6 is 0 Å². The molecule has 1 heterocycles. The van der Waals surface area contributed by atoms with Crippen LogP contribution in [-0.4, -0.2) is 35.1 Å². The summed E-state index contributed by atoms with van der Waals surface area (Å²) in [4.78, 5) is 3.77. The molecule has 2 nitrogen and oxygen atoms in total. The predicted molar refractivity (Wildman–Crippen MR) is 41.8 cm³/mol. The normalized spacial score (nSPS) is 6.90. The maximum Gasteiger partial charge on any atom is 2.00 e. The van der Waals surface area contributed by atoms with Gasteiger partial charge in [0, 0.05) is 0 Å². The van der Waals surface area contributed by atoms with Crippen LogP contribution in [0, 0.1) is 13.5 Å². The van der Waals surface area contributed by atoms with Gasteiger partial charge in [0.25, 0.3) is 0 Å². The Labute approximate surface area is 77.8 Å². The largest absolute Gasteiger partial charge is 2.00 e. The second-order valence-corrected chi connectivity index (χ2v) is 1.32. The topological polar surface area (TPSA) is 22.1 Å². The van der Waals surface area contributed by atoms with Crippen molar-refractivity contribution >= 4 is 23.1 Å². The summed E-state index contributed by atoms with van der Waals surface area (Å²) in [5.41, 5.74) is 0. The zero-order valence-corrected chi connectivity index (χ0v) is 7.71. The molecule has 0 amide bonds. The molecule has 0 bridgehead atoms. The molecule has 0 spiro atoms. The number of hydrogen-bond donors (Lipinski definition) is 0. The van der Waals surface area contributed by atoms with Crippen LogP contribution < -0.4 is 4.74 Å². The fourth-order valence-electron chi connectivity index (χ4n) is 0.422. The molecule has 0 atom stereocenters. The Morgan fingerprint density at radius 3 is 2.60 bits per heavy atom. The van der Waals surface area contributed by atoms with E-state index in [0.29, 0.717) is 0 Å². The maximum absolute atomic E-state index is 4.82. The van der Waals surface area contributed by atoms with Crippen LogP contribution in [0.3, 0.4) is 0 Å². The van der Waals surface area contributed by atoms with Crippen LogP contribution in [0.4, 0.5) is 0 Å². The second kappa shape index (κ2) is 6.83. The predicted octanol–water partition coefficient (Wildman–Crippen LogP) is 0.960. The van der Waals surface area contributed by atoms with E-state index in [2.05, 4.69) is 11.1 Å². The van der Waals surface area contributed by atoms with Gasteiger partial charge in [-0.2, -0.15) is 6.07 Å². The Balaban J connectivity index is 0. The van der Waals surface area contributed by atoms with E-state index in [-0.39, 0.29) is 30.5 Å². The monoisotopic (exact) mass is 147 g/mol. The molecule has 0 aliphatic rings. The first-order valence-electron chi connectivity index (χ1n) is 2.28. The number of aromatic nitrogens is 1. The number of pyridine rings is 1. The standard InChI is InChI=1S/C6H6NO.CH3.Mg/c1-8-6-3-2-4-7-5-6;;/h3-5H,1H3;1H3;/q2*-1;+2. The Morgan fingerprint density at radius 2 is 2.30 bits per heavy atom. The van der Waals surface area contributed by atoms with Crippen molar-refractivity contribution in [1.29, 1.82) is 0 Å². The number of nitrogens with zero attached hydrogens (tertiary/aromatic N) is 1. The van der Waals surface area contributed by atoms with Gasteiger partial charge in [-0.15, -0.1) is 0 Å². The molecule has 0 aliphatic heterocycles. The van der Waals surface area contributed by atoms with Gasteiger partial charge in [-0.3, -0.25) is 0 Å². The van der Waals surface area contributed by atoms with E-state index in [1.807, 2.05) is 0 Å². The number of methoxy groups -OCH3 is 1. The summed E-state index contributed by atoms with van der Waals surface area (Å²) in [5.74, 6) is 0.743. The van der Waals surface area contributed by atoms with Gasteiger partial charge in [0.15, 0.2) is 0 Å². The number of ether oxygens (including phenoxy) is 1. The van der Waals surface area contributed by atoms with Crippen LogP contribution in [0.2, 0.25) is 0 Å². The molecule has 0 fully saturated rings. The Hall–Kier alpha value is -0.284. The molecule has 50 valence electrons. The minimum absolute atomic E-state index is 0. The maximum atomic E-state index is 4.82. The zero-order chi connectivity index (χ0) is 5.82. The third-order valence-corrected chi connectivity index (χ3v) is 0.812. The van der Waals surface area contributed by atoms with Crippen LogP contribution in [0.1, 0.15) is 0 Å². The molecule has 0 radical (unpaired) electrons. The van der Waals surface area contributed by atoms with Crippen molar-refractivity contribution in [3.63, 3.8) is 0 Å². The molecule has 1 rings (SSSR count). The van der Waals surface area contributed by atoms with E-state index in [0.717, 1.165) is 5.75 Å². The Bertz CT molecular complexity index is 155. The SMILES string of the molecule is COc1c[c-]cnc1.[CH3-].[Mg+2]. The van der Waals surface area contributed by atoms with E-state index < -0.39 is 0 Å². The van der Waals surface area contributed by atoms with Gasteiger partial charge in [0.2, 0.25) is 0 Å². The van der Waals surface area contributed by atoms with Crippen LogP contribution in [0.5, 0.6) is 5.75 Å².